The highest BCUT2D eigenvalue weighted by atomic mass is 19.4. The Morgan fingerprint density at radius 1 is 1.15 bits per heavy atom. The number of unbranched alkanes of at least 4 members (excludes halogenated alkanes) is 1. The van der Waals surface area contributed by atoms with E-state index in [0.717, 1.165) is 36.6 Å². The van der Waals surface area contributed by atoms with Gasteiger partial charge in [0.1, 0.15) is 0 Å². The van der Waals surface area contributed by atoms with Crippen molar-refractivity contribution in [3.8, 4) is 0 Å². The molecular formula is C15H17F3N2. The third kappa shape index (κ3) is 3.28. The number of halogens is 3. The van der Waals surface area contributed by atoms with Crippen molar-refractivity contribution in [3.63, 3.8) is 0 Å². The van der Waals surface area contributed by atoms with Crippen molar-refractivity contribution in [2.45, 2.75) is 32.4 Å². The first-order chi connectivity index (χ1) is 9.41. The van der Waals surface area contributed by atoms with Crippen molar-refractivity contribution in [2.24, 2.45) is 5.73 Å². The van der Waals surface area contributed by atoms with Crippen LogP contribution in [0.15, 0.2) is 24.3 Å². The van der Waals surface area contributed by atoms with E-state index in [-0.39, 0.29) is 0 Å². The van der Waals surface area contributed by atoms with E-state index in [1.165, 1.54) is 12.1 Å². The molecule has 1 aromatic heterocycles. The Balaban J connectivity index is 2.37. The molecule has 0 unspecified atom stereocenters. The molecule has 2 aromatic rings. The average molecular weight is 282 g/mol. The summed E-state index contributed by atoms with van der Waals surface area (Å²) in [4.78, 5) is 4.42. The van der Waals surface area contributed by atoms with Crippen LogP contribution in [0, 0.1) is 6.92 Å². The Morgan fingerprint density at radius 2 is 1.90 bits per heavy atom. The summed E-state index contributed by atoms with van der Waals surface area (Å²) < 4.78 is 38.1. The van der Waals surface area contributed by atoms with Crippen molar-refractivity contribution in [1.29, 1.82) is 0 Å². The van der Waals surface area contributed by atoms with E-state index in [1.54, 1.807) is 0 Å². The number of pyridine rings is 1. The molecule has 0 aliphatic rings. The number of hydrogen-bond donors (Lipinski definition) is 1. The van der Waals surface area contributed by atoms with E-state index in [2.05, 4.69) is 4.98 Å². The fraction of sp³-hybridized carbons (Fsp3) is 0.400. The van der Waals surface area contributed by atoms with Crippen LogP contribution in [0.4, 0.5) is 13.2 Å². The normalized spacial score (nSPS) is 12.1. The highest BCUT2D eigenvalue weighted by Gasteiger charge is 2.30. The van der Waals surface area contributed by atoms with Crippen LogP contribution in [-0.4, -0.2) is 11.5 Å². The smallest absolute Gasteiger partial charge is 0.330 e. The van der Waals surface area contributed by atoms with Crippen LogP contribution in [0.3, 0.4) is 0 Å². The summed E-state index contributed by atoms with van der Waals surface area (Å²) in [5.74, 6) is 0. The molecule has 0 atom stereocenters. The van der Waals surface area contributed by atoms with Crippen molar-refractivity contribution >= 4 is 10.9 Å². The Morgan fingerprint density at radius 3 is 2.55 bits per heavy atom. The van der Waals surface area contributed by atoms with Gasteiger partial charge in [-0.3, -0.25) is 4.98 Å². The predicted octanol–water partition coefficient (Wildman–Crippen LogP) is 3.84. The maximum absolute atomic E-state index is 12.7. The molecule has 0 radical (unpaired) electrons. The molecule has 0 saturated heterocycles. The Labute approximate surface area is 115 Å². The molecule has 108 valence electrons. The number of hydrogen-bond acceptors (Lipinski definition) is 2. The van der Waals surface area contributed by atoms with Crippen LogP contribution in [0.5, 0.6) is 0 Å². The number of nitrogens with zero attached hydrogens (tertiary/aromatic N) is 1. The largest absolute Gasteiger partial charge is 0.416 e. The lowest BCUT2D eigenvalue weighted by molar-refractivity contribution is -0.137. The van der Waals surface area contributed by atoms with Crippen LogP contribution in [-0.2, 0) is 12.6 Å². The van der Waals surface area contributed by atoms with Gasteiger partial charge in [-0.2, -0.15) is 13.2 Å². The minimum absolute atomic E-state index is 0.558. The third-order valence-electron chi connectivity index (χ3n) is 3.28. The fourth-order valence-electron chi connectivity index (χ4n) is 2.22. The SMILES string of the molecule is Cc1cc(CCCCN)nc2ccc(C(F)(F)F)cc12. The zero-order valence-electron chi connectivity index (χ0n) is 11.3. The standard InChI is InChI=1S/C15H17F3N2/c1-10-8-12(4-2-3-7-19)20-14-6-5-11(9-13(10)14)15(16,17)18/h5-6,8-9H,2-4,7,19H2,1H3. The topological polar surface area (TPSA) is 38.9 Å². The summed E-state index contributed by atoms with van der Waals surface area (Å²) >= 11 is 0. The van der Waals surface area contributed by atoms with Gasteiger partial charge in [0.25, 0.3) is 0 Å². The van der Waals surface area contributed by atoms with Gasteiger partial charge in [-0.05, 0) is 62.6 Å². The molecular weight excluding hydrogens is 265 g/mol. The number of aryl methyl sites for hydroxylation is 2. The summed E-state index contributed by atoms with van der Waals surface area (Å²) in [7, 11) is 0. The van der Waals surface area contributed by atoms with E-state index >= 15 is 0 Å². The molecule has 0 saturated carbocycles. The maximum atomic E-state index is 12.7. The monoisotopic (exact) mass is 282 g/mol. The molecule has 0 bridgehead atoms. The lowest BCUT2D eigenvalue weighted by atomic mass is 10.0. The van der Waals surface area contributed by atoms with Crippen LogP contribution in [0.1, 0.15) is 29.7 Å². The minimum atomic E-state index is -4.32. The van der Waals surface area contributed by atoms with E-state index in [0.29, 0.717) is 17.4 Å². The summed E-state index contributed by atoms with van der Waals surface area (Å²) in [6.07, 6.45) is -1.66. The van der Waals surface area contributed by atoms with Gasteiger partial charge in [0.2, 0.25) is 0 Å². The molecule has 0 aliphatic carbocycles. The van der Waals surface area contributed by atoms with Crippen LogP contribution in [0.2, 0.25) is 0 Å². The Kier molecular flexibility index (Phi) is 4.28. The summed E-state index contributed by atoms with van der Waals surface area (Å²) in [6.45, 7) is 2.46. The number of nitrogens with two attached hydrogens (primary N) is 1. The molecule has 0 aliphatic heterocycles. The van der Waals surface area contributed by atoms with E-state index < -0.39 is 11.7 Å². The van der Waals surface area contributed by atoms with Gasteiger partial charge in [-0.1, -0.05) is 0 Å². The van der Waals surface area contributed by atoms with Crippen molar-refractivity contribution in [2.75, 3.05) is 6.54 Å². The van der Waals surface area contributed by atoms with Crippen LogP contribution in [0.25, 0.3) is 10.9 Å². The molecule has 1 heterocycles. The highest BCUT2D eigenvalue weighted by Crippen LogP contribution is 2.32. The summed E-state index contributed by atoms with van der Waals surface area (Å²) in [6, 6.07) is 5.55. The molecule has 2 rings (SSSR count). The molecule has 0 amide bonds. The first kappa shape index (κ1) is 14.8. The molecule has 2 N–H and O–H groups in total. The van der Waals surface area contributed by atoms with Gasteiger partial charge in [-0.15, -0.1) is 0 Å². The third-order valence-corrected chi connectivity index (χ3v) is 3.28. The molecule has 1 aromatic carbocycles. The second kappa shape index (κ2) is 5.79. The first-order valence-electron chi connectivity index (χ1n) is 6.59. The average Bonchev–Trinajstić information content (AvgIpc) is 2.37. The highest BCUT2D eigenvalue weighted by molar-refractivity contribution is 5.83. The van der Waals surface area contributed by atoms with Gasteiger partial charge in [0.05, 0.1) is 11.1 Å². The molecule has 0 spiro atoms. The van der Waals surface area contributed by atoms with Crippen molar-refractivity contribution in [3.05, 3.63) is 41.1 Å². The second-order valence-electron chi connectivity index (χ2n) is 4.91. The zero-order valence-corrected chi connectivity index (χ0v) is 11.3. The number of aromatic nitrogens is 1. The number of benzene rings is 1. The van der Waals surface area contributed by atoms with Gasteiger partial charge in [0, 0.05) is 11.1 Å². The van der Waals surface area contributed by atoms with E-state index in [9.17, 15) is 13.2 Å². The van der Waals surface area contributed by atoms with Gasteiger partial charge >= 0.3 is 6.18 Å². The number of fused-ring (bicyclic) bond motifs is 1. The lowest BCUT2D eigenvalue weighted by Gasteiger charge is -2.10. The molecule has 20 heavy (non-hydrogen) atoms. The fourth-order valence-corrected chi connectivity index (χ4v) is 2.22. The zero-order chi connectivity index (χ0) is 14.8. The van der Waals surface area contributed by atoms with Crippen LogP contribution >= 0.6 is 0 Å². The van der Waals surface area contributed by atoms with Crippen molar-refractivity contribution < 1.29 is 13.2 Å². The summed E-state index contributed by atoms with van der Waals surface area (Å²) in [5, 5.41) is 0.558. The molecule has 5 heteroatoms. The minimum Gasteiger partial charge on any atom is -0.330 e. The number of alkyl halides is 3. The molecule has 2 nitrogen and oxygen atoms in total. The van der Waals surface area contributed by atoms with Gasteiger partial charge in [0.15, 0.2) is 0 Å². The lowest BCUT2D eigenvalue weighted by Crippen LogP contribution is -2.05. The maximum Gasteiger partial charge on any atom is 0.416 e. The van der Waals surface area contributed by atoms with Gasteiger partial charge in [-0.25, -0.2) is 0 Å². The van der Waals surface area contributed by atoms with Crippen molar-refractivity contribution in [1.82, 2.24) is 4.98 Å². The Bertz CT molecular complexity index is 606. The van der Waals surface area contributed by atoms with E-state index in [4.69, 9.17) is 5.73 Å². The molecule has 0 fully saturated rings. The van der Waals surface area contributed by atoms with Crippen LogP contribution < -0.4 is 5.73 Å². The predicted molar refractivity (Wildman–Crippen MR) is 73.5 cm³/mol. The summed E-state index contributed by atoms with van der Waals surface area (Å²) in [5.41, 5.74) is 7.15. The van der Waals surface area contributed by atoms with E-state index in [1.807, 2.05) is 13.0 Å². The first-order valence-corrected chi connectivity index (χ1v) is 6.59. The number of rotatable bonds is 4. The Hall–Kier alpha value is -1.62. The van der Waals surface area contributed by atoms with Gasteiger partial charge < -0.3 is 5.73 Å². The quantitative estimate of drug-likeness (QED) is 0.865. The second-order valence-corrected chi connectivity index (χ2v) is 4.91.